The standard InChI is InChI=1S/C15H17N3O4/c1-18-9-3-4-13(18)15(20)17-16-14(19)10-22-12-7-5-11(21-2)6-8-12/h3-9H,10H2,1-2H3,(H,16,19)(H,17,20). The molecule has 0 radical (unpaired) electrons. The van der Waals surface area contributed by atoms with E-state index in [4.69, 9.17) is 9.47 Å². The first-order valence-corrected chi connectivity index (χ1v) is 6.57. The topological polar surface area (TPSA) is 81.6 Å². The fourth-order valence-corrected chi connectivity index (χ4v) is 1.74. The number of aromatic nitrogens is 1. The van der Waals surface area contributed by atoms with Crippen molar-refractivity contribution in [1.82, 2.24) is 15.4 Å². The Kier molecular flexibility index (Phi) is 5.02. The van der Waals surface area contributed by atoms with Crippen LogP contribution < -0.4 is 20.3 Å². The van der Waals surface area contributed by atoms with Gasteiger partial charge in [-0.1, -0.05) is 0 Å². The second-order valence-corrected chi connectivity index (χ2v) is 4.47. The average molecular weight is 303 g/mol. The lowest BCUT2D eigenvalue weighted by Crippen LogP contribution is -2.44. The Bertz CT molecular complexity index is 649. The van der Waals surface area contributed by atoms with Crippen LogP contribution in [-0.2, 0) is 11.8 Å². The van der Waals surface area contributed by atoms with E-state index in [1.54, 1.807) is 61.3 Å². The van der Waals surface area contributed by atoms with Gasteiger partial charge in [0, 0.05) is 13.2 Å². The number of carbonyl (C=O) groups is 2. The minimum Gasteiger partial charge on any atom is -0.497 e. The van der Waals surface area contributed by atoms with Crippen LogP contribution in [0.1, 0.15) is 10.5 Å². The summed E-state index contributed by atoms with van der Waals surface area (Å²) in [5.74, 6) is 0.375. The molecule has 1 heterocycles. The van der Waals surface area contributed by atoms with Gasteiger partial charge in [-0.15, -0.1) is 0 Å². The number of nitrogens with one attached hydrogen (secondary N) is 2. The molecule has 7 nitrogen and oxygen atoms in total. The Morgan fingerprint density at radius 1 is 1.09 bits per heavy atom. The molecule has 0 aliphatic heterocycles. The van der Waals surface area contributed by atoms with E-state index < -0.39 is 11.8 Å². The van der Waals surface area contributed by atoms with Crippen LogP contribution in [0.2, 0.25) is 0 Å². The van der Waals surface area contributed by atoms with E-state index in [0.29, 0.717) is 17.2 Å². The van der Waals surface area contributed by atoms with Crippen LogP contribution in [0, 0.1) is 0 Å². The van der Waals surface area contributed by atoms with Crippen LogP contribution in [0.3, 0.4) is 0 Å². The Hall–Kier alpha value is -2.96. The molecule has 0 saturated heterocycles. The normalized spacial score (nSPS) is 9.91. The summed E-state index contributed by atoms with van der Waals surface area (Å²) < 4.78 is 12.0. The van der Waals surface area contributed by atoms with Crippen molar-refractivity contribution in [2.45, 2.75) is 0 Å². The minimum absolute atomic E-state index is 0.209. The first kappa shape index (κ1) is 15.4. The van der Waals surface area contributed by atoms with E-state index in [2.05, 4.69) is 10.9 Å². The molecular weight excluding hydrogens is 286 g/mol. The third-order valence-corrected chi connectivity index (χ3v) is 2.92. The fourth-order valence-electron chi connectivity index (χ4n) is 1.74. The quantitative estimate of drug-likeness (QED) is 0.803. The highest BCUT2D eigenvalue weighted by Gasteiger charge is 2.10. The Balaban J connectivity index is 1.76. The van der Waals surface area contributed by atoms with Gasteiger partial charge in [0.05, 0.1) is 7.11 Å². The Morgan fingerprint density at radius 3 is 2.36 bits per heavy atom. The zero-order valence-corrected chi connectivity index (χ0v) is 12.3. The highest BCUT2D eigenvalue weighted by molar-refractivity contribution is 5.94. The van der Waals surface area contributed by atoms with Gasteiger partial charge in [-0.2, -0.15) is 0 Å². The van der Waals surface area contributed by atoms with Crippen molar-refractivity contribution in [3.63, 3.8) is 0 Å². The summed E-state index contributed by atoms with van der Waals surface area (Å²) in [7, 11) is 3.31. The third-order valence-electron chi connectivity index (χ3n) is 2.92. The van der Waals surface area contributed by atoms with Crippen LogP contribution in [0.25, 0.3) is 0 Å². The van der Waals surface area contributed by atoms with E-state index in [1.165, 1.54) is 0 Å². The number of hydrogen-bond donors (Lipinski definition) is 2. The second kappa shape index (κ2) is 7.16. The highest BCUT2D eigenvalue weighted by atomic mass is 16.5. The smallest absolute Gasteiger partial charge is 0.286 e. The zero-order chi connectivity index (χ0) is 15.9. The van der Waals surface area contributed by atoms with Gasteiger partial charge < -0.3 is 14.0 Å². The van der Waals surface area contributed by atoms with Crippen molar-refractivity contribution in [3.05, 3.63) is 48.3 Å². The summed E-state index contributed by atoms with van der Waals surface area (Å²) in [4.78, 5) is 23.4. The van der Waals surface area contributed by atoms with E-state index in [1.807, 2.05) is 0 Å². The molecule has 2 rings (SSSR count). The number of nitrogens with zero attached hydrogens (tertiary/aromatic N) is 1. The molecule has 0 atom stereocenters. The van der Waals surface area contributed by atoms with Gasteiger partial charge in [-0.25, -0.2) is 0 Å². The second-order valence-electron chi connectivity index (χ2n) is 4.47. The van der Waals surface area contributed by atoms with Crippen molar-refractivity contribution < 1.29 is 19.1 Å². The lowest BCUT2D eigenvalue weighted by Gasteiger charge is -2.09. The van der Waals surface area contributed by atoms with Crippen molar-refractivity contribution in [2.24, 2.45) is 7.05 Å². The third kappa shape index (κ3) is 4.02. The fraction of sp³-hybridized carbons (Fsp3) is 0.200. The van der Waals surface area contributed by atoms with Gasteiger partial charge in [-0.3, -0.25) is 20.4 Å². The van der Waals surface area contributed by atoms with Gasteiger partial charge in [0.25, 0.3) is 11.8 Å². The molecule has 0 aliphatic rings. The number of hydrogen-bond acceptors (Lipinski definition) is 4. The molecule has 0 fully saturated rings. The maximum atomic E-state index is 11.8. The van der Waals surface area contributed by atoms with Crippen LogP contribution in [-0.4, -0.2) is 30.1 Å². The van der Waals surface area contributed by atoms with Crippen molar-refractivity contribution in [3.8, 4) is 11.5 Å². The molecule has 0 saturated carbocycles. The van der Waals surface area contributed by atoms with Gasteiger partial charge in [-0.05, 0) is 36.4 Å². The summed E-state index contributed by atoms with van der Waals surface area (Å²) >= 11 is 0. The first-order chi connectivity index (χ1) is 10.6. The number of rotatable bonds is 5. The molecule has 7 heteroatoms. The number of carbonyl (C=O) groups excluding carboxylic acids is 2. The van der Waals surface area contributed by atoms with Crippen LogP contribution in [0.15, 0.2) is 42.6 Å². The van der Waals surface area contributed by atoms with Gasteiger partial charge in [0.1, 0.15) is 17.2 Å². The molecule has 1 aromatic heterocycles. The summed E-state index contributed by atoms with van der Waals surface area (Å²) in [6.07, 6.45) is 1.74. The molecule has 2 aromatic rings. The number of hydrazine groups is 1. The molecule has 0 spiro atoms. The van der Waals surface area contributed by atoms with Crippen molar-refractivity contribution in [1.29, 1.82) is 0 Å². The van der Waals surface area contributed by atoms with E-state index in [9.17, 15) is 9.59 Å². The molecule has 0 unspecified atom stereocenters. The molecule has 2 N–H and O–H groups in total. The zero-order valence-electron chi connectivity index (χ0n) is 12.3. The average Bonchev–Trinajstić information content (AvgIpc) is 2.97. The number of methoxy groups -OCH3 is 1. The predicted molar refractivity (Wildman–Crippen MR) is 79.5 cm³/mol. The summed E-state index contributed by atoms with van der Waals surface area (Å²) in [5, 5.41) is 0. The predicted octanol–water partition coefficient (Wildman–Crippen LogP) is 0.874. The lowest BCUT2D eigenvalue weighted by atomic mass is 10.3. The van der Waals surface area contributed by atoms with E-state index >= 15 is 0 Å². The number of benzene rings is 1. The summed E-state index contributed by atoms with van der Waals surface area (Å²) in [6.45, 7) is -0.209. The number of ether oxygens (including phenoxy) is 2. The first-order valence-electron chi connectivity index (χ1n) is 6.57. The van der Waals surface area contributed by atoms with Crippen molar-refractivity contribution >= 4 is 11.8 Å². The lowest BCUT2D eigenvalue weighted by molar-refractivity contribution is -0.123. The number of aryl methyl sites for hydroxylation is 1. The maximum Gasteiger partial charge on any atom is 0.286 e. The van der Waals surface area contributed by atoms with E-state index in [0.717, 1.165) is 0 Å². The Labute approximate surface area is 127 Å². The molecule has 116 valence electrons. The van der Waals surface area contributed by atoms with Gasteiger partial charge in [0.15, 0.2) is 6.61 Å². The molecule has 22 heavy (non-hydrogen) atoms. The molecule has 2 amide bonds. The maximum absolute atomic E-state index is 11.8. The van der Waals surface area contributed by atoms with Crippen LogP contribution in [0.5, 0.6) is 11.5 Å². The van der Waals surface area contributed by atoms with Crippen LogP contribution >= 0.6 is 0 Å². The Morgan fingerprint density at radius 2 is 1.77 bits per heavy atom. The van der Waals surface area contributed by atoms with Crippen molar-refractivity contribution in [2.75, 3.05) is 13.7 Å². The summed E-state index contributed by atoms with van der Waals surface area (Å²) in [5.41, 5.74) is 5.05. The SMILES string of the molecule is COc1ccc(OCC(=O)NNC(=O)c2cccn2C)cc1. The molecule has 1 aromatic carbocycles. The molecular formula is C15H17N3O4. The summed E-state index contributed by atoms with van der Waals surface area (Å²) in [6, 6.07) is 10.2. The molecule has 0 bridgehead atoms. The minimum atomic E-state index is -0.460. The highest BCUT2D eigenvalue weighted by Crippen LogP contribution is 2.16. The number of amides is 2. The monoisotopic (exact) mass is 303 g/mol. The van der Waals surface area contributed by atoms with Gasteiger partial charge in [0.2, 0.25) is 0 Å². The molecule has 0 aliphatic carbocycles. The van der Waals surface area contributed by atoms with Gasteiger partial charge >= 0.3 is 0 Å². The largest absolute Gasteiger partial charge is 0.497 e. The van der Waals surface area contributed by atoms with E-state index in [-0.39, 0.29) is 6.61 Å². The van der Waals surface area contributed by atoms with Crippen LogP contribution in [0.4, 0.5) is 0 Å².